The second kappa shape index (κ2) is 7.13. The van der Waals surface area contributed by atoms with Crippen LogP contribution in [0, 0.1) is 5.92 Å². The Morgan fingerprint density at radius 2 is 2.00 bits per heavy atom. The largest absolute Gasteiger partial charge is 0.496 e. The predicted molar refractivity (Wildman–Crippen MR) is 84.6 cm³/mol. The van der Waals surface area contributed by atoms with Gasteiger partial charge in [-0.3, -0.25) is 0 Å². The number of nitrogen functional groups attached to an aromatic ring is 1. The first-order valence-corrected chi connectivity index (χ1v) is 9.05. The zero-order chi connectivity index (χ0) is 15.3. The van der Waals surface area contributed by atoms with E-state index in [1.807, 2.05) is 0 Å². The molecule has 0 heterocycles. The number of rotatable bonds is 6. The number of methoxy groups -OCH3 is 1. The maximum Gasteiger partial charge on any atom is 0.212 e. The lowest BCUT2D eigenvalue weighted by Crippen LogP contribution is -2.30. The third-order valence-electron chi connectivity index (χ3n) is 3.97. The Hall–Kier alpha value is -1.27. The van der Waals surface area contributed by atoms with Crippen molar-refractivity contribution in [3.8, 4) is 5.75 Å². The normalized spacial score (nSPS) is 16.8. The van der Waals surface area contributed by atoms with E-state index in [-0.39, 0.29) is 12.3 Å². The van der Waals surface area contributed by atoms with Crippen molar-refractivity contribution in [1.29, 1.82) is 0 Å². The van der Waals surface area contributed by atoms with Crippen LogP contribution in [0.4, 0.5) is 5.69 Å². The summed E-state index contributed by atoms with van der Waals surface area (Å²) >= 11 is 0. The van der Waals surface area contributed by atoms with Crippen LogP contribution in [-0.2, 0) is 16.6 Å². The summed E-state index contributed by atoms with van der Waals surface area (Å²) in [4.78, 5) is 0. The molecule has 0 radical (unpaired) electrons. The Morgan fingerprint density at radius 1 is 1.29 bits per heavy atom. The highest BCUT2D eigenvalue weighted by molar-refractivity contribution is 7.89. The molecule has 0 bridgehead atoms. The maximum absolute atomic E-state index is 12.2. The Morgan fingerprint density at radius 3 is 2.67 bits per heavy atom. The summed E-state index contributed by atoms with van der Waals surface area (Å²) in [6.07, 6.45) is 5.54. The standard InChI is InChI=1S/C15H24N2O3S/c1-20-15-8-7-14(16)9-13(15)10-17-21(18,19)11-12-5-3-2-4-6-12/h7-9,12,17H,2-6,10-11,16H2,1H3. The number of sulfonamides is 1. The Labute approximate surface area is 126 Å². The second-order valence-electron chi connectivity index (χ2n) is 5.68. The van der Waals surface area contributed by atoms with E-state index in [9.17, 15) is 8.42 Å². The summed E-state index contributed by atoms with van der Waals surface area (Å²) in [5, 5.41) is 0. The third kappa shape index (κ3) is 4.89. The molecule has 6 heteroatoms. The van der Waals surface area contributed by atoms with E-state index < -0.39 is 10.0 Å². The minimum absolute atomic E-state index is 0.212. The number of hydrogen-bond acceptors (Lipinski definition) is 4. The number of ether oxygens (including phenoxy) is 1. The number of anilines is 1. The van der Waals surface area contributed by atoms with Gasteiger partial charge in [0.2, 0.25) is 10.0 Å². The number of hydrogen-bond donors (Lipinski definition) is 2. The quantitative estimate of drug-likeness (QED) is 0.790. The van der Waals surface area contributed by atoms with Crippen LogP contribution in [0.5, 0.6) is 5.75 Å². The molecule has 118 valence electrons. The van der Waals surface area contributed by atoms with E-state index in [1.165, 1.54) is 6.42 Å². The Balaban J connectivity index is 1.96. The molecule has 0 aromatic heterocycles. The average molecular weight is 312 g/mol. The lowest BCUT2D eigenvalue weighted by atomic mass is 9.91. The molecule has 1 aliphatic rings. The maximum atomic E-state index is 12.2. The van der Waals surface area contributed by atoms with Crippen molar-refractivity contribution >= 4 is 15.7 Å². The molecule has 0 aliphatic heterocycles. The van der Waals surface area contributed by atoms with Gasteiger partial charge in [-0.15, -0.1) is 0 Å². The molecular weight excluding hydrogens is 288 g/mol. The predicted octanol–water partition coefficient (Wildman–Crippen LogP) is 2.28. The van der Waals surface area contributed by atoms with Gasteiger partial charge in [0.15, 0.2) is 0 Å². The minimum Gasteiger partial charge on any atom is -0.496 e. The lowest BCUT2D eigenvalue weighted by Gasteiger charge is -2.21. The van der Waals surface area contributed by atoms with Crippen LogP contribution in [0.1, 0.15) is 37.7 Å². The molecule has 0 unspecified atom stereocenters. The highest BCUT2D eigenvalue weighted by atomic mass is 32.2. The first-order chi connectivity index (χ1) is 10.00. The number of nitrogens with one attached hydrogen (secondary N) is 1. The van der Waals surface area contributed by atoms with E-state index in [2.05, 4.69) is 4.72 Å². The van der Waals surface area contributed by atoms with Gasteiger partial charge in [0.25, 0.3) is 0 Å². The SMILES string of the molecule is COc1ccc(N)cc1CNS(=O)(=O)CC1CCCCC1. The van der Waals surface area contributed by atoms with Crippen LogP contribution in [0.2, 0.25) is 0 Å². The van der Waals surface area contributed by atoms with Gasteiger partial charge in [-0.1, -0.05) is 19.3 Å². The highest BCUT2D eigenvalue weighted by Crippen LogP contribution is 2.25. The van der Waals surface area contributed by atoms with Crippen molar-refractivity contribution in [3.63, 3.8) is 0 Å². The van der Waals surface area contributed by atoms with Crippen molar-refractivity contribution in [1.82, 2.24) is 4.72 Å². The topological polar surface area (TPSA) is 81.4 Å². The van der Waals surface area contributed by atoms with Gasteiger partial charge in [0.1, 0.15) is 5.75 Å². The monoisotopic (exact) mass is 312 g/mol. The first-order valence-electron chi connectivity index (χ1n) is 7.40. The van der Waals surface area contributed by atoms with Gasteiger partial charge >= 0.3 is 0 Å². The first kappa shape index (κ1) is 16.1. The van der Waals surface area contributed by atoms with Crippen LogP contribution in [0.15, 0.2) is 18.2 Å². The molecule has 3 N–H and O–H groups in total. The molecular formula is C15H24N2O3S. The molecule has 0 atom stereocenters. The summed E-state index contributed by atoms with van der Waals surface area (Å²) in [7, 11) is -1.70. The molecule has 1 aromatic rings. The van der Waals surface area contributed by atoms with E-state index in [4.69, 9.17) is 10.5 Å². The van der Waals surface area contributed by atoms with Gasteiger partial charge < -0.3 is 10.5 Å². The lowest BCUT2D eigenvalue weighted by molar-refractivity contribution is 0.383. The fraction of sp³-hybridized carbons (Fsp3) is 0.600. The Bertz CT molecular complexity index is 566. The zero-order valence-electron chi connectivity index (χ0n) is 12.5. The molecule has 0 amide bonds. The van der Waals surface area contributed by atoms with Crippen LogP contribution < -0.4 is 15.2 Å². The summed E-state index contributed by atoms with van der Waals surface area (Å²) in [6.45, 7) is 0.212. The fourth-order valence-corrected chi connectivity index (χ4v) is 4.29. The average Bonchev–Trinajstić information content (AvgIpc) is 2.46. The van der Waals surface area contributed by atoms with E-state index in [0.717, 1.165) is 31.2 Å². The summed E-state index contributed by atoms with van der Waals surface area (Å²) < 4.78 is 32.2. The second-order valence-corrected chi connectivity index (χ2v) is 7.53. The molecule has 1 saturated carbocycles. The van der Waals surface area contributed by atoms with Crippen LogP contribution in [0.25, 0.3) is 0 Å². The molecule has 1 aliphatic carbocycles. The van der Waals surface area contributed by atoms with Gasteiger partial charge in [-0.25, -0.2) is 13.1 Å². The molecule has 5 nitrogen and oxygen atoms in total. The smallest absolute Gasteiger partial charge is 0.212 e. The van der Waals surface area contributed by atoms with Crippen molar-refractivity contribution < 1.29 is 13.2 Å². The van der Waals surface area contributed by atoms with Crippen molar-refractivity contribution in [2.75, 3.05) is 18.6 Å². The van der Waals surface area contributed by atoms with Crippen molar-refractivity contribution in [3.05, 3.63) is 23.8 Å². The van der Waals surface area contributed by atoms with E-state index in [0.29, 0.717) is 17.4 Å². The van der Waals surface area contributed by atoms with Crippen molar-refractivity contribution in [2.24, 2.45) is 5.92 Å². The molecule has 1 aromatic carbocycles. The molecule has 1 fully saturated rings. The zero-order valence-corrected chi connectivity index (χ0v) is 13.3. The molecule has 2 rings (SSSR count). The van der Waals surface area contributed by atoms with Gasteiger partial charge in [0.05, 0.1) is 12.9 Å². The van der Waals surface area contributed by atoms with E-state index >= 15 is 0 Å². The number of nitrogens with two attached hydrogens (primary N) is 1. The van der Waals surface area contributed by atoms with Crippen molar-refractivity contribution in [2.45, 2.75) is 38.6 Å². The van der Waals surface area contributed by atoms with Crippen LogP contribution >= 0.6 is 0 Å². The fourth-order valence-electron chi connectivity index (χ4n) is 2.85. The number of benzene rings is 1. The van der Waals surface area contributed by atoms with Crippen LogP contribution in [0.3, 0.4) is 0 Å². The summed E-state index contributed by atoms with van der Waals surface area (Å²) in [5.74, 6) is 1.15. The van der Waals surface area contributed by atoms with Gasteiger partial charge in [0, 0.05) is 17.8 Å². The third-order valence-corrected chi connectivity index (χ3v) is 5.46. The van der Waals surface area contributed by atoms with E-state index in [1.54, 1.807) is 25.3 Å². The highest BCUT2D eigenvalue weighted by Gasteiger charge is 2.21. The molecule has 0 saturated heterocycles. The summed E-state index contributed by atoms with van der Waals surface area (Å²) in [5.41, 5.74) is 7.09. The van der Waals surface area contributed by atoms with Gasteiger partial charge in [-0.05, 0) is 37.0 Å². The van der Waals surface area contributed by atoms with Gasteiger partial charge in [-0.2, -0.15) is 0 Å². The molecule has 21 heavy (non-hydrogen) atoms. The minimum atomic E-state index is -3.26. The Kier molecular flexibility index (Phi) is 5.47. The summed E-state index contributed by atoms with van der Waals surface area (Å²) in [6, 6.07) is 5.22. The molecule has 0 spiro atoms. The van der Waals surface area contributed by atoms with Crippen LogP contribution in [-0.4, -0.2) is 21.3 Å².